The lowest BCUT2D eigenvalue weighted by molar-refractivity contribution is 0.601. The molecule has 3 N–H and O–H groups in total. The molecule has 0 aliphatic heterocycles. The molecule has 2 aromatic rings. The van der Waals surface area contributed by atoms with Gasteiger partial charge in [-0.3, -0.25) is 4.72 Å². The number of nitrogen functional groups attached to an aromatic ring is 1. The van der Waals surface area contributed by atoms with Gasteiger partial charge < -0.3 is 5.73 Å². The van der Waals surface area contributed by atoms with Gasteiger partial charge in [-0.25, -0.2) is 13.4 Å². The van der Waals surface area contributed by atoms with E-state index in [9.17, 15) is 8.42 Å². The summed E-state index contributed by atoms with van der Waals surface area (Å²) in [4.78, 5) is 3.52. The molecule has 10 heteroatoms. The van der Waals surface area contributed by atoms with Crippen molar-refractivity contribution in [3.8, 4) is 0 Å². The molecule has 0 aliphatic rings. The molecule has 0 bridgehead atoms. The third-order valence-electron chi connectivity index (χ3n) is 2.41. The third kappa shape index (κ3) is 3.64. The number of nitrogens with one attached hydrogen (secondary N) is 1. The molecule has 0 atom stereocenters. The first-order valence-corrected chi connectivity index (χ1v) is 8.28. The summed E-state index contributed by atoms with van der Waals surface area (Å²) < 4.78 is 26.7. The summed E-state index contributed by atoms with van der Waals surface area (Å²) in [5.41, 5.74) is 5.52. The highest BCUT2D eigenvalue weighted by atomic mass is 35.5. The van der Waals surface area contributed by atoms with Crippen LogP contribution >= 0.6 is 46.4 Å². The van der Waals surface area contributed by atoms with Crippen LogP contribution in [-0.2, 0) is 10.0 Å². The van der Waals surface area contributed by atoms with Gasteiger partial charge in [-0.2, -0.15) is 0 Å². The standard InChI is InChI=1S/C11H7Cl4N3O2S/c12-6-2-8(14)10(3-7(6)13)18-21(19,20)5-1-9(15)11(16)17-4-5/h1-4,18H,(H2,16,17). The number of rotatable bonds is 3. The normalized spacial score (nSPS) is 11.4. The van der Waals surface area contributed by atoms with Crippen LogP contribution in [0.5, 0.6) is 0 Å². The summed E-state index contributed by atoms with van der Waals surface area (Å²) in [7, 11) is -3.94. The predicted molar refractivity (Wildman–Crippen MR) is 85.9 cm³/mol. The van der Waals surface area contributed by atoms with Gasteiger partial charge in [0.25, 0.3) is 10.0 Å². The molecule has 0 radical (unpaired) electrons. The summed E-state index contributed by atoms with van der Waals surface area (Å²) in [5, 5.41) is 0.495. The summed E-state index contributed by atoms with van der Waals surface area (Å²) >= 11 is 23.3. The minimum absolute atomic E-state index is 0.0260. The Balaban J connectivity index is 2.42. The molecule has 0 saturated carbocycles. The maximum atomic E-state index is 12.2. The second-order valence-corrected chi connectivity index (χ2v) is 7.20. The molecule has 0 unspecified atom stereocenters. The summed E-state index contributed by atoms with van der Waals surface area (Å²) in [6.45, 7) is 0. The molecular formula is C11H7Cl4N3O2S. The maximum Gasteiger partial charge on any atom is 0.263 e. The van der Waals surface area contributed by atoms with E-state index >= 15 is 0 Å². The van der Waals surface area contributed by atoms with Gasteiger partial charge in [-0.05, 0) is 18.2 Å². The number of hydrogen-bond acceptors (Lipinski definition) is 4. The number of hydrogen-bond donors (Lipinski definition) is 2. The zero-order valence-electron chi connectivity index (χ0n) is 10.1. The van der Waals surface area contributed by atoms with E-state index in [-0.39, 0.29) is 36.5 Å². The van der Waals surface area contributed by atoms with E-state index in [4.69, 9.17) is 52.1 Å². The van der Waals surface area contributed by atoms with Gasteiger partial charge >= 0.3 is 0 Å². The monoisotopic (exact) mass is 385 g/mol. The number of nitrogens with two attached hydrogens (primary N) is 1. The Kier molecular flexibility index (Phi) is 4.75. The molecule has 1 heterocycles. The van der Waals surface area contributed by atoms with Crippen LogP contribution < -0.4 is 10.5 Å². The van der Waals surface area contributed by atoms with Crippen LogP contribution in [0.15, 0.2) is 29.3 Å². The molecule has 5 nitrogen and oxygen atoms in total. The van der Waals surface area contributed by atoms with Crippen molar-refractivity contribution >= 4 is 67.9 Å². The molecule has 112 valence electrons. The molecule has 1 aromatic carbocycles. The first-order chi connectivity index (χ1) is 9.70. The molecule has 0 saturated heterocycles. The Morgan fingerprint density at radius 3 is 2.19 bits per heavy atom. The number of pyridine rings is 1. The smallest absolute Gasteiger partial charge is 0.263 e. The predicted octanol–water partition coefficient (Wildman–Crippen LogP) is 4.08. The van der Waals surface area contributed by atoms with Crippen LogP contribution in [0.3, 0.4) is 0 Å². The third-order valence-corrected chi connectivity index (χ3v) is 5.08. The van der Waals surface area contributed by atoms with E-state index in [0.717, 1.165) is 6.20 Å². The topological polar surface area (TPSA) is 85.1 Å². The Labute approximate surface area is 141 Å². The molecule has 1 aromatic heterocycles. The summed E-state index contributed by atoms with van der Waals surface area (Å²) in [6.07, 6.45) is 1.08. The quantitative estimate of drug-likeness (QED) is 0.778. The summed E-state index contributed by atoms with van der Waals surface area (Å²) in [6, 6.07) is 3.81. The van der Waals surface area contributed by atoms with Crippen molar-refractivity contribution in [2.75, 3.05) is 10.5 Å². The first-order valence-electron chi connectivity index (χ1n) is 5.29. The van der Waals surface area contributed by atoms with E-state index in [1.54, 1.807) is 0 Å². The Morgan fingerprint density at radius 1 is 0.952 bits per heavy atom. The fourth-order valence-corrected chi connectivity index (χ4v) is 3.30. The Morgan fingerprint density at radius 2 is 1.57 bits per heavy atom. The minimum Gasteiger partial charge on any atom is -0.382 e. The zero-order valence-corrected chi connectivity index (χ0v) is 13.9. The average Bonchev–Trinajstić information content (AvgIpc) is 2.39. The van der Waals surface area contributed by atoms with Gasteiger partial charge in [0, 0.05) is 6.20 Å². The lowest BCUT2D eigenvalue weighted by Gasteiger charge is -2.11. The van der Waals surface area contributed by atoms with Gasteiger partial charge in [0.2, 0.25) is 0 Å². The largest absolute Gasteiger partial charge is 0.382 e. The molecule has 0 aliphatic carbocycles. The fourth-order valence-electron chi connectivity index (χ4n) is 1.38. The van der Waals surface area contributed by atoms with E-state index in [1.165, 1.54) is 18.2 Å². The highest BCUT2D eigenvalue weighted by Crippen LogP contribution is 2.33. The van der Waals surface area contributed by atoms with Crippen LogP contribution in [0, 0.1) is 0 Å². The maximum absolute atomic E-state index is 12.2. The lowest BCUT2D eigenvalue weighted by atomic mass is 10.3. The minimum atomic E-state index is -3.94. The van der Waals surface area contributed by atoms with Crippen LogP contribution in [0.1, 0.15) is 0 Å². The Bertz CT molecular complexity index is 811. The fraction of sp³-hybridized carbons (Fsp3) is 0. The number of aromatic nitrogens is 1. The highest BCUT2D eigenvalue weighted by Gasteiger charge is 2.18. The van der Waals surface area contributed by atoms with Gasteiger partial charge in [0.05, 0.1) is 25.8 Å². The molecule has 2 rings (SSSR count). The van der Waals surface area contributed by atoms with Gasteiger partial charge in [0.1, 0.15) is 10.7 Å². The van der Waals surface area contributed by atoms with Crippen LogP contribution in [0.2, 0.25) is 20.1 Å². The number of sulfonamides is 1. The van der Waals surface area contributed by atoms with Crippen molar-refractivity contribution in [1.82, 2.24) is 4.98 Å². The first kappa shape index (κ1) is 16.5. The lowest BCUT2D eigenvalue weighted by Crippen LogP contribution is -2.14. The summed E-state index contributed by atoms with van der Waals surface area (Å²) in [5.74, 6) is 0.0307. The van der Waals surface area contributed by atoms with Crippen molar-refractivity contribution < 1.29 is 8.42 Å². The van der Waals surface area contributed by atoms with Crippen molar-refractivity contribution in [3.05, 3.63) is 44.5 Å². The molecule has 0 fully saturated rings. The van der Waals surface area contributed by atoms with Crippen LogP contribution in [-0.4, -0.2) is 13.4 Å². The second-order valence-electron chi connectivity index (χ2n) is 3.89. The highest BCUT2D eigenvalue weighted by molar-refractivity contribution is 7.92. The van der Waals surface area contributed by atoms with Gasteiger partial charge in [-0.15, -0.1) is 0 Å². The van der Waals surface area contributed by atoms with E-state index < -0.39 is 10.0 Å². The average molecular weight is 387 g/mol. The second kappa shape index (κ2) is 6.06. The van der Waals surface area contributed by atoms with Crippen LogP contribution in [0.25, 0.3) is 0 Å². The van der Waals surface area contributed by atoms with Crippen molar-refractivity contribution in [3.63, 3.8) is 0 Å². The van der Waals surface area contributed by atoms with Gasteiger partial charge in [0.15, 0.2) is 0 Å². The van der Waals surface area contributed by atoms with Crippen molar-refractivity contribution in [2.45, 2.75) is 4.90 Å². The van der Waals surface area contributed by atoms with E-state index in [1.807, 2.05) is 0 Å². The van der Waals surface area contributed by atoms with Gasteiger partial charge in [-0.1, -0.05) is 46.4 Å². The van der Waals surface area contributed by atoms with E-state index in [0.29, 0.717) is 0 Å². The van der Waals surface area contributed by atoms with E-state index in [2.05, 4.69) is 9.71 Å². The number of halogens is 4. The molecule has 21 heavy (non-hydrogen) atoms. The molecule has 0 spiro atoms. The zero-order chi connectivity index (χ0) is 15.8. The molecule has 0 amide bonds. The molecular weight excluding hydrogens is 380 g/mol. The van der Waals surface area contributed by atoms with Crippen molar-refractivity contribution in [2.24, 2.45) is 0 Å². The number of anilines is 2. The van der Waals surface area contributed by atoms with Crippen LogP contribution in [0.4, 0.5) is 11.5 Å². The Hall–Kier alpha value is -0.920. The van der Waals surface area contributed by atoms with Crippen molar-refractivity contribution in [1.29, 1.82) is 0 Å². The SMILES string of the molecule is Nc1ncc(S(=O)(=O)Nc2cc(Cl)c(Cl)cc2Cl)cc1Cl. The number of benzene rings is 1. The number of nitrogens with zero attached hydrogens (tertiary/aromatic N) is 1.